The highest BCUT2D eigenvalue weighted by Crippen LogP contribution is 2.41. The number of pyridine rings is 2. The van der Waals surface area contributed by atoms with Gasteiger partial charge in [-0.15, -0.1) is 0 Å². The molecule has 290 valence electrons. The van der Waals surface area contributed by atoms with Crippen molar-refractivity contribution in [2.45, 2.75) is 38.3 Å². The van der Waals surface area contributed by atoms with Gasteiger partial charge in [0.25, 0.3) is 0 Å². The summed E-state index contributed by atoms with van der Waals surface area (Å²) < 4.78 is 18.0. The minimum absolute atomic E-state index is 0.00400. The lowest BCUT2D eigenvalue weighted by Gasteiger charge is -2.22. The molecule has 4 N–H and O–H groups in total. The Balaban J connectivity index is 1.21. The van der Waals surface area contributed by atoms with Crippen molar-refractivity contribution in [3.8, 4) is 45.8 Å². The van der Waals surface area contributed by atoms with Crippen molar-refractivity contribution in [3.63, 3.8) is 0 Å². The van der Waals surface area contributed by atoms with Gasteiger partial charge in [0.2, 0.25) is 11.8 Å². The van der Waals surface area contributed by atoms with Crippen LogP contribution in [0.3, 0.4) is 0 Å². The normalized spacial score (nSPS) is 15.4. The average molecular weight is 819 g/mol. The highest BCUT2D eigenvalue weighted by atomic mass is 35.5. The Labute approximate surface area is 338 Å². The second kappa shape index (κ2) is 19.3. The van der Waals surface area contributed by atoms with Crippen molar-refractivity contribution in [2.75, 3.05) is 32.8 Å². The number of nitrogens with zero attached hydrogens (tertiary/aromatic N) is 4. The fourth-order valence-corrected chi connectivity index (χ4v) is 7.17. The topological polar surface area (TPSA) is 170 Å². The predicted octanol–water partition coefficient (Wildman–Crippen LogP) is 6.78. The van der Waals surface area contributed by atoms with Crippen molar-refractivity contribution in [2.24, 2.45) is 0 Å². The standard InChI is InChI=1S/C41H38Cl3N5O7/c42-35-16-29(21-49-22-30(51)17-36(49)41(52)53)39(55-23-26-15-25(18-45)19-47-20-26)48-40(35)56-24-28-3-1-5-33(37(28)43)34-6-2-4-32(38(34)44)27-7-9-31(10-8-27)54-14-12-46-11-13-50/h1-10,15-16,19-20,30,36,46,50-51H,11-14,17,21-24H2,(H,52,53)/t30-,36-/m0/s1. The lowest BCUT2D eigenvalue weighted by Crippen LogP contribution is -2.35. The number of hydrogen-bond donors (Lipinski definition) is 4. The number of carbonyl (C=O) groups is 1. The van der Waals surface area contributed by atoms with Crippen LogP contribution in [0.5, 0.6) is 17.5 Å². The van der Waals surface area contributed by atoms with Gasteiger partial charge in [-0.3, -0.25) is 14.7 Å². The number of aliphatic hydroxyl groups excluding tert-OH is 2. The summed E-state index contributed by atoms with van der Waals surface area (Å²) in [6.07, 6.45) is 2.29. The van der Waals surface area contributed by atoms with Crippen molar-refractivity contribution < 1.29 is 34.3 Å². The summed E-state index contributed by atoms with van der Waals surface area (Å²) in [6, 6.07) is 23.3. The maximum Gasteiger partial charge on any atom is 0.321 e. The first-order valence-electron chi connectivity index (χ1n) is 17.7. The summed E-state index contributed by atoms with van der Waals surface area (Å²) in [5, 5.41) is 42.4. The van der Waals surface area contributed by atoms with Crippen LogP contribution in [0, 0.1) is 11.3 Å². The molecule has 15 heteroatoms. The van der Waals surface area contributed by atoms with Crippen molar-refractivity contribution in [1.29, 1.82) is 5.26 Å². The molecular formula is C41H38Cl3N5O7. The van der Waals surface area contributed by atoms with Crippen LogP contribution in [0.2, 0.25) is 15.1 Å². The second-order valence-electron chi connectivity index (χ2n) is 13.0. The molecule has 2 atom stereocenters. The lowest BCUT2D eigenvalue weighted by atomic mass is 9.97. The van der Waals surface area contributed by atoms with E-state index >= 15 is 0 Å². The molecule has 5 aromatic rings. The quantitative estimate of drug-likeness (QED) is 0.0727. The molecule has 0 aliphatic carbocycles. The fourth-order valence-electron chi connectivity index (χ4n) is 6.33. The van der Waals surface area contributed by atoms with E-state index in [0.717, 1.165) is 16.7 Å². The van der Waals surface area contributed by atoms with Crippen LogP contribution in [0.15, 0.2) is 85.2 Å². The summed E-state index contributed by atoms with van der Waals surface area (Å²) in [6.45, 7) is 1.89. The van der Waals surface area contributed by atoms with Gasteiger partial charge in [-0.05, 0) is 29.8 Å². The Morgan fingerprint density at radius 2 is 1.62 bits per heavy atom. The number of carboxylic acid groups (broad SMARTS) is 1. The Kier molecular flexibility index (Phi) is 14.0. The lowest BCUT2D eigenvalue weighted by molar-refractivity contribution is -0.142. The molecule has 1 saturated heterocycles. The maximum atomic E-state index is 11.9. The second-order valence-corrected chi connectivity index (χ2v) is 14.1. The van der Waals surface area contributed by atoms with Gasteiger partial charge in [-0.25, -0.2) is 0 Å². The van der Waals surface area contributed by atoms with E-state index in [9.17, 15) is 20.3 Å². The van der Waals surface area contributed by atoms with Crippen molar-refractivity contribution in [3.05, 3.63) is 123 Å². The number of aliphatic hydroxyl groups is 2. The highest BCUT2D eigenvalue weighted by molar-refractivity contribution is 6.38. The minimum atomic E-state index is -1.05. The van der Waals surface area contributed by atoms with Crippen molar-refractivity contribution in [1.82, 2.24) is 20.2 Å². The summed E-state index contributed by atoms with van der Waals surface area (Å²) in [4.78, 5) is 22.3. The number of halogens is 3. The molecule has 1 fully saturated rings. The largest absolute Gasteiger partial charge is 0.492 e. The third-order valence-electron chi connectivity index (χ3n) is 9.06. The zero-order valence-corrected chi connectivity index (χ0v) is 32.3. The number of rotatable bonds is 17. The molecule has 1 aliphatic heterocycles. The number of carboxylic acids is 1. The summed E-state index contributed by atoms with van der Waals surface area (Å²) in [7, 11) is 0. The predicted molar refractivity (Wildman–Crippen MR) is 212 cm³/mol. The van der Waals surface area contributed by atoms with Gasteiger partial charge in [0.15, 0.2) is 0 Å². The molecule has 0 radical (unpaired) electrons. The SMILES string of the molecule is N#Cc1cncc(COc2nc(OCc3cccc(-c4cccc(-c5ccc(OCCNCCO)cc5)c4Cl)c3Cl)c(Cl)cc2CN2C[C@@H](O)C[C@H]2C(=O)O)c1. The monoisotopic (exact) mass is 817 g/mol. The first kappa shape index (κ1) is 40.7. The first-order valence-corrected chi connectivity index (χ1v) is 18.8. The molecule has 0 amide bonds. The molecule has 3 aromatic carbocycles. The van der Waals surface area contributed by atoms with Gasteiger partial charge < -0.3 is 34.8 Å². The third kappa shape index (κ3) is 10.1. The van der Waals surface area contributed by atoms with E-state index in [-0.39, 0.29) is 56.1 Å². The maximum absolute atomic E-state index is 11.9. The molecule has 3 heterocycles. The zero-order chi connectivity index (χ0) is 39.6. The molecular weight excluding hydrogens is 781 g/mol. The van der Waals surface area contributed by atoms with Gasteiger partial charge in [-0.2, -0.15) is 10.2 Å². The number of β-amino-alcohol motifs (C(OH)–C–C–N with tert-alkyl or cyclic N) is 1. The number of nitrogens with one attached hydrogen (secondary N) is 1. The number of aromatic nitrogens is 2. The number of aliphatic carboxylic acids is 1. The van der Waals surface area contributed by atoms with Crippen LogP contribution >= 0.6 is 34.8 Å². The van der Waals surface area contributed by atoms with Crippen molar-refractivity contribution >= 4 is 40.8 Å². The Morgan fingerprint density at radius 1 is 0.893 bits per heavy atom. The number of ether oxygens (including phenoxy) is 3. The Bertz CT molecular complexity index is 2200. The molecule has 6 rings (SSSR count). The van der Waals surface area contributed by atoms with Gasteiger partial charge in [0.1, 0.15) is 42.7 Å². The molecule has 56 heavy (non-hydrogen) atoms. The Hall–Kier alpha value is -4.97. The number of benzene rings is 3. The van der Waals surface area contributed by atoms with E-state index in [1.54, 1.807) is 23.2 Å². The van der Waals surface area contributed by atoms with E-state index in [0.29, 0.717) is 63.3 Å². The number of hydrogen-bond acceptors (Lipinski definition) is 11. The van der Waals surface area contributed by atoms with Gasteiger partial charge in [0, 0.05) is 78.4 Å². The molecule has 0 unspecified atom stereocenters. The fraction of sp³-hybridized carbons (Fsp3) is 0.268. The molecule has 1 aliphatic rings. The highest BCUT2D eigenvalue weighted by Gasteiger charge is 2.36. The van der Waals surface area contributed by atoms with Crippen LogP contribution in [0.25, 0.3) is 22.3 Å². The molecule has 0 spiro atoms. The summed E-state index contributed by atoms with van der Waals surface area (Å²) in [5.41, 5.74) is 5.23. The van der Waals surface area contributed by atoms with Gasteiger partial charge >= 0.3 is 5.97 Å². The van der Waals surface area contributed by atoms with E-state index in [1.807, 2.05) is 60.7 Å². The minimum Gasteiger partial charge on any atom is -0.492 e. The van der Waals surface area contributed by atoms with Crippen LogP contribution in [-0.4, -0.2) is 81.2 Å². The van der Waals surface area contributed by atoms with Crippen LogP contribution < -0.4 is 19.5 Å². The zero-order valence-electron chi connectivity index (χ0n) is 30.0. The third-order valence-corrected chi connectivity index (χ3v) is 10.2. The van der Waals surface area contributed by atoms with Crippen LogP contribution in [-0.2, 0) is 24.6 Å². The molecule has 0 saturated carbocycles. The average Bonchev–Trinajstić information content (AvgIpc) is 3.58. The number of likely N-dealkylation sites (tertiary alicyclic amines) is 1. The molecule has 12 nitrogen and oxygen atoms in total. The van der Waals surface area contributed by atoms with Crippen LogP contribution in [0.1, 0.15) is 28.7 Å². The van der Waals surface area contributed by atoms with E-state index in [2.05, 4.69) is 21.4 Å². The Morgan fingerprint density at radius 3 is 2.38 bits per heavy atom. The van der Waals surface area contributed by atoms with E-state index in [1.165, 1.54) is 6.20 Å². The summed E-state index contributed by atoms with van der Waals surface area (Å²) >= 11 is 20.7. The number of nitriles is 1. The molecule has 2 aromatic heterocycles. The smallest absolute Gasteiger partial charge is 0.321 e. The van der Waals surface area contributed by atoms with Gasteiger partial charge in [-0.1, -0.05) is 83.3 Å². The van der Waals surface area contributed by atoms with E-state index < -0.39 is 18.1 Å². The summed E-state index contributed by atoms with van der Waals surface area (Å²) in [5.74, 6) is -0.142. The van der Waals surface area contributed by atoms with Gasteiger partial charge in [0.05, 0.1) is 28.3 Å². The molecule has 0 bridgehead atoms. The van der Waals surface area contributed by atoms with Crippen LogP contribution in [0.4, 0.5) is 0 Å². The van der Waals surface area contributed by atoms with E-state index in [4.69, 9.17) is 54.1 Å². The first-order chi connectivity index (χ1) is 27.1.